The zero-order valence-corrected chi connectivity index (χ0v) is 19.9. The van der Waals surface area contributed by atoms with E-state index in [0.717, 1.165) is 25.2 Å². The van der Waals surface area contributed by atoms with Crippen molar-refractivity contribution in [1.82, 2.24) is 19.8 Å². The second-order valence-electron chi connectivity index (χ2n) is 8.67. The molecule has 0 radical (unpaired) electrons. The van der Waals surface area contributed by atoms with Crippen molar-refractivity contribution >= 4 is 17.5 Å². The van der Waals surface area contributed by atoms with E-state index in [9.17, 15) is 22.4 Å². The van der Waals surface area contributed by atoms with Crippen molar-refractivity contribution in [3.8, 4) is 11.8 Å². The SMILES string of the molecule is CN1CCN(Cc2ccc(C(=O)Nc3cc(C#Cc4cnc(N)c(F)c4)ccn3)cc2C(F)(F)F)CC1. The molecule has 37 heavy (non-hydrogen) atoms. The molecule has 0 saturated carbocycles. The molecule has 1 aromatic carbocycles. The standard InChI is InChI=1S/C26H24F4N6O/c1-35-8-10-36(11-9-35)16-20-5-4-19(14-21(20)26(28,29)30)25(37)34-23-13-17(6-7-32-23)2-3-18-12-22(27)24(31)33-15-18/h4-7,12-15H,8-11,16H2,1H3,(H2,31,33)(H,32,34,37). The Morgan fingerprint density at radius 3 is 2.49 bits per heavy atom. The fraction of sp³-hybridized carbons (Fsp3) is 0.269. The molecule has 1 amide bonds. The third kappa shape index (κ3) is 6.81. The summed E-state index contributed by atoms with van der Waals surface area (Å²) in [6.07, 6.45) is -1.90. The minimum absolute atomic E-state index is 0.105. The first-order chi connectivity index (χ1) is 17.6. The van der Waals surface area contributed by atoms with Gasteiger partial charge in [-0.3, -0.25) is 9.69 Å². The number of hydrogen-bond donors (Lipinski definition) is 2. The maximum Gasteiger partial charge on any atom is 0.416 e. The van der Waals surface area contributed by atoms with E-state index in [-0.39, 0.29) is 29.3 Å². The molecule has 4 rings (SSSR count). The van der Waals surface area contributed by atoms with Crippen LogP contribution in [-0.4, -0.2) is 58.9 Å². The van der Waals surface area contributed by atoms with Gasteiger partial charge >= 0.3 is 6.18 Å². The Kier molecular flexibility index (Phi) is 7.71. The highest BCUT2D eigenvalue weighted by molar-refractivity contribution is 6.04. The molecular weight excluding hydrogens is 488 g/mol. The number of amides is 1. The molecule has 3 aromatic rings. The molecule has 0 bridgehead atoms. The van der Waals surface area contributed by atoms with E-state index in [1.807, 2.05) is 11.9 Å². The number of likely N-dealkylation sites (N-methyl/N-ethyl adjacent to an activating group) is 1. The molecule has 0 spiro atoms. The monoisotopic (exact) mass is 512 g/mol. The molecule has 0 aliphatic carbocycles. The lowest BCUT2D eigenvalue weighted by Gasteiger charge is -2.33. The third-order valence-electron chi connectivity index (χ3n) is 5.89. The van der Waals surface area contributed by atoms with Crippen LogP contribution < -0.4 is 11.1 Å². The molecule has 2 aromatic heterocycles. The number of nitrogens with two attached hydrogens (primary N) is 1. The van der Waals surface area contributed by atoms with Crippen LogP contribution in [0.2, 0.25) is 0 Å². The van der Waals surface area contributed by atoms with Gasteiger partial charge in [0.25, 0.3) is 5.91 Å². The minimum atomic E-state index is -4.61. The number of piperazine rings is 1. The van der Waals surface area contributed by atoms with E-state index in [0.29, 0.717) is 24.2 Å². The smallest absolute Gasteiger partial charge is 0.381 e. The molecular formula is C26H24F4N6O. The first kappa shape index (κ1) is 26.1. The number of rotatable bonds is 4. The molecule has 0 unspecified atom stereocenters. The van der Waals surface area contributed by atoms with Crippen LogP contribution in [0.5, 0.6) is 0 Å². The molecule has 3 N–H and O–H groups in total. The summed E-state index contributed by atoms with van der Waals surface area (Å²) >= 11 is 0. The number of carbonyl (C=O) groups excluding carboxylic acids is 1. The zero-order chi connectivity index (χ0) is 26.6. The number of alkyl halides is 3. The number of carbonyl (C=O) groups is 1. The van der Waals surface area contributed by atoms with E-state index >= 15 is 0 Å². The van der Waals surface area contributed by atoms with Crippen LogP contribution in [0, 0.1) is 17.7 Å². The van der Waals surface area contributed by atoms with Gasteiger partial charge in [-0.25, -0.2) is 14.4 Å². The first-order valence-corrected chi connectivity index (χ1v) is 11.4. The second-order valence-corrected chi connectivity index (χ2v) is 8.67. The Balaban J connectivity index is 1.50. The van der Waals surface area contributed by atoms with E-state index in [1.165, 1.54) is 30.6 Å². The highest BCUT2D eigenvalue weighted by atomic mass is 19.4. The Labute approximate surface area is 211 Å². The average Bonchev–Trinajstić information content (AvgIpc) is 2.86. The van der Waals surface area contributed by atoms with Crippen LogP contribution in [0.1, 0.15) is 32.6 Å². The predicted octanol–water partition coefficient (Wildman–Crippen LogP) is 3.62. The first-order valence-electron chi connectivity index (χ1n) is 11.4. The van der Waals surface area contributed by atoms with Crippen molar-refractivity contribution in [2.24, 2.45) is 0 Å². The van der Waals surface area contributed by atoms with Gasteiger partial charge in [-0.2, -0.15) is 13.2 Å². The van der Waals surface area contributed by atoms with Crippen molar-refractivity contribution in [3.63, 3.8) is 0 Å². The van der Waals surface area contributed by atoms with Gasteiger partial charge < -0.3 is 16.0 Å². The summed E-state index contributed by atoms with van der Waals surface area (Å²) in [6.45, 7) is 3.06. The van der Waals surface area contributed by atoms with Gasteiger partial charge in [0.05, 0.1) is 5.56 Å². The van der Waals surface area contributed by atoms with Gasteiger partial charge in [0.1, 0.15) is 5.82 Å². The second kappa shape index (κ2) is 10.9. The van der Waals surface area contributed by atoms with Crippen LogP contribution in [0.3, 0.4) is 0 Å². The Hall–Kier alpha value is -4.01. The Morgan fingerprint density at radius 2 is 1.78 bits per heavy atom. The van der Waals surface area contributed by atoms with Gasteiger partial charge in [-0.1, -0.05) is 17.9 Å². The summed E-state index contributed by atoms with van der Waals surface area (Å²) in [4.78, 5) is 24.6. The molecule has 3 heterocycles. The Morgan fingerprint density at radius 1 is 1.05 bits per heavy atom. The number of halogens is 4. The van der Waals surface area contributed by atoms with E-state index in [1.54, 1.807) is 6.07 Å². The normalized spacial score (nSPS) is 14.6. The van der Waals surface area contributed by atoms with Crippen molar-refractivity contribution in [2.75, 3.05) is 44.3 Å². The Bertz CT molecular complexity index is 1360. The fourth-order valence-electron chi connectivity index (χ4n) is 3.79. The lowest BCUT2D eigenvalue weighted by atomic mass is 10.0. The molecule has 7 nitrogen and oxygen atoms in total. The summed E-state index contributed by atoms with van der Waals surface area (Å²) in [5.41, 5.74) is 5.23. The van der Waals surface area contributed by atoms with Crippen LogP contribution in [0.25, 0.3) is 0 Å². The summed E-state index contributed by atoms with van der Waals surface area (Å²) < 4.78 is 55.1. The van der Waals surface area contributed by atoms with Crippen molar-refractivity contribution < 1.29 is 22.4 Å². The van der Waals surface area contributed by atoms with Crippen LogP contribution >= 0.6 is 0 Å². The largest absolute Gasteiger partial charge is 0.416 e. The number of aromatic nitrogens is 2. The molecule has 0 atom stereocenters. The van der Waals surface area contributed by atoms with Crippen molar-refractivity contribution in [1.29, 1.82) is 0 Å². The molecule has 1 aliphatic heterocycles. The van der Waals surface area contributed by atoms with Crippen molar-refractivity contribution in [2.45, 2.75) is 12.7 Å². The van der Waals surface area contributed by atoms with Gasteiger partial charge in [-0.05, 0) is 42.9 Å². The minimum Gasteiger partial charge on any atom is -0.381 e. The summed E-state index contributed by atoms with van der Waals surface area (Å²) in [6, 6.07) is 7.77. The van der Waals surface area contributed by atoms with E-state index in [4.69, 9.17) is 5.73 Å². The summed E-state index contributed by atoms with van der Waals surface area (Å²) in [7, 11) is 1.97. The zero-order valence-electron chi connectivity index (χ0n) is 19.9. The maximum absolute atomic E-state index is 13.8. The predicted molar refractivity (Wildman–Crippen MR) is 131 cm³/mol. The lowest BCUT2D eigenvalue weighted by molar-refractivity contribution is -0.138. The highest BCUT2D eigenvalue weighted by Crippen LogP contribution is 2.33. The maximum atomic E-state index is 13.8. The molecule has 1 saturated heterocycles. The average molecular weight is 513 g/mol. The van der Waals surface area contributed by atoms with Crippen LogP contribution in [-0.2, 0) is 12.7 Å². The number of pyridine rings is 2. The van der Waals surface area contributed by atoms with Crippen LogP contribution in [0.15, 0.2) is 48.8 Å². The topological polar surface area (TPSA) is 87.4 Å². The highest BCUT2D eigenvalue weighted by Gasteiger charge is 2.34. The molecule has 192 valence electrons. The number of hydrogen-bond acceptors (Lipinski definition) is 6. The molecule has 1 fully saturated rings. The lowest BCUT2D eigenvalue weighted by Crippen LogP contribution is -2.44. The van der Waals surface area contributed by atoms with Crippen molar-refractivity contribution in [3.05, 3.63) is 82.4 Å². The van der Waals surface area contributed by atoms with Gasteiger partial charge in [-0.15, -0.1) is 0 Å². The number of anilines is 2. The van der Waals surface area contributed by atoms with E-state index in [2.05, 4.69) is 32.0 Å². The van der Waals surface area contributed by atoms with Crippen LogP contribution in [0.4, 0.5) is 29.2 Å². The molecule has 1 aliphatic rings. The number of nitrogens with zero attached hydrogens (tertiary/aromatic N) is 4. The van der Waals surface area contributed by atoms with Gasteiger partial charge in [0.2, 0.25) is 0 Å². The van der Waals surface area contributed by atoms with Gasteiger partial charge in [0, 0.05) is 61.8 Å². The quantitative estimate of drug-likeness (QED) is 0.410. The summed E-state index contributed by atoms with van der Waals surface area (Å²) in [5, 5.41) is 2.51. The number of nitrogen functional groups attached to an aromatic ring is 1. The van der Waals surface area contributed by atoms with E-state index < -0.39 is 23.5 Å². The number of benzene rings is 1. The third-order valence-corrected chi connectivity index (χ3v) is 5.89. The van der Waals surface area contributed by atoms with Gasteiger partial charge in [0.15, 0.2) is 11.6 Å². The summed E-state index contributed by atoms with van der Waals surface area (Å²) in [5.74, 6) is 3.96. The number of nitrogens with one attached hydrogen (secondary N) is 1. The molecule has 11 heteroatoms. The fourth-order valence-corrected chi connectivity index (χ4v) is 3.79.